The van der Waals surface area contributed by atoms with Crippen LogP contribution in [0.4, 0.5) is 0 Å². The fourth-order valence-corrected chi connectivity index (χ4v) is 1.53. The number of aryl methyl sites for hydroxylation is 1. The van der Waals surface area contributed by atoms with E-state index < -0.39 is 0 Å². The Labute approximate surface area is 99.4 Å². The lowest BCUT2D eigenvalue weighted by Gasteiger charge is -2.07. The number of hydrogen-bond acceptors (Lipinski definition) is 5. The van der Waals surface area contributed by atoms with Crippen LogP contribution in [0.2, 0.25) is 0 Å². The van der Waals surface area contributed by atoms with Crippen molar-refractivity contribution in [2.75, 3.05) is 13.7 Å². The normalized spacial score (nSPS) is 10.5. The summed E-state index contributed by atoms with van der Waals surface area (Å²) >= 11 is 0. The number of rotatable bonds is 4. The van der Waals surface area contributed by atoms with Crippen molar-refractivity contribution in [3.63, 3.8) is 0 Å². The molecule has 1 heterocycles. The summed E-state index contributed by atoms with van der Waals surface area (Å²) in [6, 6.07) is 5.81. The van der Waals surface area contributed by atoms with E-state index >= 15 is 0 Å². The number of aromatic nitrogens is 4. The molecule has 17 heavy (non-hydrogen) atoms. The molecule has 0 aliphatic heterocycles. The molecule has 2 rings (SSSR count). The van der Waals surface area contributed by atoms with Crippen LogP contribution in [0, 0.1) is 6.92 Å². The summed E-state index contributed by atoms with van der Waals surface area (Å²) in [5, 5.41) is 12.2. The molecule has 0 radical (unpaired) electrons. The molecule has 90 valence electrons. The van der Waals surface area contributed by atoms with Gasteiger partial charge in [-0.3, -0.25) is 0 Å². The summed E-state index contributed by atoms with van der Waals surface area (Å²) in [4.78, 5) is 1.47. The molecule has 0 spiro atoms. The largest absolute Gasteiger partial charge is 0.494 e. The predicted octanol–water partition coefficient (Wildman–Crippen LogP) is 0.481. The van der Waals surface area contributed by atoms with Crippen molar-refractivity contribution in [2.24, 2.45) is 5.73 Å². The van der Waals surface area contributed by atoms with E-state index in [2.05, 4.69) is 15.4 Å². The number of methoxy groups -OCH3 is 1. The van der Waals surface area contributed by atoms with Gasteiger partial charge in [-0.1, -0.05) is 6.07 Å². The highest BCUT2D eigenvalue weighted by molar-refractivity contribution is 5.47. The third-order valence-electron chi connectivity index (χ3n) is 2.37. The van der Waals surface area contributed by atoms with Gasteiger partial charge >= 0.3 is 0 Å². The zero-order chi connectivity index (χ0) is 12.3. The lowest BCUT2D eigenvalue weighted by atomic mass is 10.2. The van der Waals surface area contributed by atoms with Gasteiger partial charge in [0.15, 0.2) is 5.82 Å². The van der Waals surface area contributed by atoms with Gasteiger partial charge in [0.2, 0.25) is 0 Å². The SMILES string of the molecule is COc1ccc(C)cc1-n1nnc(CCN)n1. The van der Waals surface area contributed by atoms with E-state index in [0.29, 0.717) is 24.5 Å². The molecular formula is C11H15N5O. The van der Waals surface area contributed by atoms with Crippen LogP contribution >= 0.6 is 0 Å². The van der Waals surface area contributed by atoms with Gasteiger partial charge < -0.3 is 10.5 Å². The molecule has 0 saturated heterocycles. The maximum absolute atomic E-state index is 5.45. The van der Waals surface area contributed by atoms with E-state index in [0.717, 1.165) is 11.3 Å². The van der Waals surface area contributed by atoms with E-state index in [1.54, 1.807) is 7.11 Å². The van der Waals surface area contributed by atoms with Crippen LogP contribution < -0.4 is 10.5 Å². The van der Waals surface area contributed by atoms with E-state index in [1.807, 2.05) is 25.1 Å². The van der Waals surface area contributed by atoms with Crippen LogP contribution in [-0.2, 0) is 6.42 Å². The zero-order valence-electron chi connectivity index (χ0n) is 9.92. The van der Waals surface area contributed by atoms with Gasteiger partial charge in [-0.2, -0.15) is 0 Å². The van der Waals surface area contributed by atoms with E-state index in [4.69, 9.17) is 10.5 Å². The zero-order valence-corrected chi connectivity index (χ0v) is 9.92. The summed E-state index contributed by atoms with van der Waals surface area (Å²) in [6.45, 7) is 2.51. The van der Waals surface area contributed by atoms with Gasteiger partial charge in [-0.25, -0.2) is 0 Å². The summed E-state index contributed by atoms with van der Waals surface area (Å²) < 4.78 is 5.27. The Morgan fingerprint density at radius 3 is 2.94 bits per heavy atom. The van der Waals surface area contributed by atoms with Gasteiger partial charge in [0.1, 0.15) is 11.4 Å². The third-order valence-corrected chi connectivity index (χ3v) is 2.37. The molecule has 0 unspecified atom stereocenters. The Morgan fingerprint density at radius 1 is 1.41 bits per heavy atom. The average molecular weight is 233 g/mol. The van der Waals surface area contributed by atoms with Crippen molar-refractivity contribution in [1.82, 2.24) is 20.2 Å². The standard InChI is InChI=1S/C11H15N5O/c1-8-3-4-10(17-2)9(7-8)16-14-11(5-6-12)13-15-16/h3-4,7H,5-6,12H2,1-2H3. The Hall–Kier alpha value is -1.95. The van der Waals surface area contributed by atoms with Crippen molar-refractivity contribution in [3.8, 4) is 11.4 Å². The van der Waals surface area contributed by atoms with Crippen molar-refractivity contribution in [3.05, 3.63) is 29.6 Å². The Balaban J connectivity index is 2.40. The van der Waals surface area contributed by atoms with E-state index in [9.17, 15) is 0 Å². The molecule has 1 aromatic heterocycles. The van der Waals surface area contributed by atoms with Gasteiger partial charge in [0.05, 0.1) is 7.11 Å². The van der Waals surface area contributed by atoms with E-state index in [-0.39, 0.29) is 0 Å². The molecule has 0 amide bonds. The first kappa shape index (κ1) is 11.5. The molecular weight excluding hydrogens is 218 g/mol. The van der Waals surface area contributed by atoms with Gasteiger partial charge in [-0.15, -0.1) is 15.0 Å². The van der Waals surface area contributed by atoms with Crippen LogP contribution in [0.1, 0.15) is 11.4 Å². The third kappa shape index (κ3) is 2.42. The number of tetrazole rings is 1. The molecule has 2 aromatic rings. The average Bonchev–Trinajstić information content (AvgIpc) is 2.78. The summed E-state index contributed by atoms with van der Waals surface area (Å²) in [5.41, 5.74) is 7.34. The minimum Gasteiger partial charge on any atom is -0.494 e. The Kier molecular flexibility index (Phi) is 3.34. The summed E-state index contributed by atoms with van der Waals surface area (Å²) in [6.07, 6.45) is 0.619. The van der Waals surface area contributed by atoms with Crippen LogP contribution in [-0.4, -0.2) is 33.9 Å². The van der Waals surface area contributed by atoms with Gasteiger partial charge in [-0.05, 0) is 36.4 Å². The monoisotopic (exact) mass is 233 g/mol. The minimum atomic E-state index is 0.511. The fraction of sp³-hybridized carbons (Fsp3) is 0.364. The van der Waals surface area contributed by atoms with Crippen LogP contribution in [0.3, 0.4) is 0 Å². The van der Waals surface area contributed by atoms with Crippen LogP contribution in [0.25, 0.3) is 5.69 Å². The molecule has 0 saturated carbocycles. The van der Waals surface area contributed by atoms with Crippen molar-refractivity contribution >= 4 is 0 Å². The molecule has 6 nitrogen and oxygen atoms in total. The predicted molar refractivity (Wildman–Crippen MR) is 63.2 cm³/mol. The fourth-order valence-electron chi connectivity index (χ4n) is 1.53. The number of hydrogen-bond donors (Lipinski definition) is 1. The first-order valence-electron chi connectivity index (χ1n) is 5.38. The van der Waals surface area contributed by atoms with Gasteiger partial charge in [0.25, 0.3) is 0 Å². The quantitative estimate of drug-likeness (QED) is 0.831. The second-order valence-corrected chi connectivity index (χ2v) is 3.71. The molecule has 0 fully saturated rings. The second kappa shape index (κ2) is 4.92. The van der Waals surface area contributed by atoms with Gasteiger partial charge in [0, 0.05) is 6.42 Å². The second-order valence-electron chi connectivity index (χ2n) is 3.71. The summed E-state index contributed by atoms with van der Waals surface area (Å²) in [5.74, 6) is 1.35. The molecule has 0 bridgehead atoms. The molecule has 1 aromatic carbocycles. The van der Waals surface area contributed by atoms with E-state index in [1.165, 1.54) is 4.80 Å². The van der Waals surface area contributed by atoms with Crippen molar-refractivity contribution in [2.45, 2.75) is 13.3 Å². The molecule has 0 aliphatic carbocycles. The maximum atomic E-state index is 5.45. The Morgan fingerprint density at radius 2 is 2.24 bits per heavy atom. The van der Waals surface area contributed by atoms with Crippen molar-refractivity contribution < 1.29 is 4.74 Å². The molecule has 0 aliphatic rings. The highest BCUT2D eigenvalue weighted by atomic mass is 16.5. The van der Waals surface area contributed by atoms with Crippen LogP contribution in [0.5, 0.6) is 5.75 Å². The maximum Gasteiger partial charge on any atom is 0.176 e. The number of nitrogens with zero attached hydrogens (tertiary/aromatic N) is 4. The topological polar surface area (TPSA) is 78.8 Å². The van der Waals surface area contributed by atoms with Crippen LogP contribution in [0.15, 0.2) is 18.2 Å². The number of nitrogens with two attached hydrogens (primary N) is 1. The first-order chi connectivity index (χ1) is 8.24. The lowest BCUT2D eigenvalue weighted by molar-refractivity contribution is 0.409. The minimum absolute atomic E-state index is 0.511. The van der Waals surface area contributed by atoms with Crippen molar-refractivity contribution in [1.29, 1.82) is 0 Å². The smallest absolute Gasteiger partial charge is 0.176 e. The highest BCUT2D eigenvalue weighted by Crippen LogP contribution is 2.22. The number of ether oxygens (including phenoxy) is 1. The summed E-state index contributed by atoms with van der Waals surface area (Å²) in [7, 11) is 1.62. The Bertz CT molecular complexity index is 508. The molecule has 0 atom stereocenters. The first-order valence-corrected chi connectivity index (χ1v) is 5.38. The molecule has 2 N–H and O–H groups in total. The number of benzene rings is 1. The lowest BCUT2D eigenvalue weighted by Crippen LogP contribution is -2.05. The highest BCUT2D eigenvalue weighted by Gasteiger charge is 2.09. The molecule has 6 heteroatoms.